The van der Waals surface area contributed by atoms with Crippen LogP contribution in [0.25, 0.3) is 0 Å². The van der Waals surface area contributed by atoms with E-state index in [2.05, 4.69) is 47.6 Å². The fourth-order valence-corrected chi connectivity index (χ4v) is 5.67. The molecular weight excluding hydrogens is 272 g/mol. The van der Waals surface area contributed by atoms with Crippen LogP contribution in [0.4, 0.5) is 0 Å². The maximum atomic E-state index is 11.9. The third kappa shape index (κ3) is 3.41. The molecule has 2 aliphatic rings. The highest BCUT2D eigenvalue weighted by atomic mass is 32.2. The highest BCUT2D eigenvalue weighted by Crippen LogP contribution is 2.50. The second kappa shape index (κ2) is 5.14. The Hall–Kier alpha value is 0.110. The van der Waals surface area contributed by atoms with Crippen LogP contribution >= 0.6 is 23.5 Å². The number of rotatable bonds is 1. The molecule has 108 valence electrons. The van der Waals surface area contributed by atoms with E-state index < -0.39 is 0 Å². The first-order valence-corrected chi connectivity index (χ1v) is 9.03. The van der Waals surface area contributed by atoms with Crippen LogP contribution in [0.1, 0.15) is 48.0 Å². The van der Waals surface area contributed by atoms with Crippen molar-refractivity contribution in [2.24, 2.45) is 16.7 Å². The minimum absolute atomic E-state index is 0.201. The highest BCUT2D eigenvalue weighted by Gasteiger charge is 2.44. The summed E-state index contributed by atoms with van der Waals surface area (Å²) in [6.45, 7) is 13.7. The lowest BCUT2D eigenvalue weighted by molar-refractivity contribution is -0.110. The summed E-state index contributed by atoms with van der Waals surface area (Å²) in [7, 11) is 0. The van der Waals surface area contributed by atoms with Crippen LogP contribution < -0.4 is 0 Å². The van der Waals surface area contributed by atoms with Gasteiger partial charge in [0.15, 0.2) is 5.12 Å². The molecule has 0 spiro atoms. The van der Waals surface area contributed by atoms with E-state index in [9.17, 15) is 4.79 Å². The van der Waals surface area contributed by atoms with Crippen molar-refractivity contribution in [2.75, 3.05) is 5.75 Å². The van der Waals surface area contributed by atoms with Gasteiger partial charge in [-0.3, -0.25) is 4.79 Å². The van der Waals surface area contributed by atoms with E-state index in [1.54, 1.807) is 11.8 Å². The first kappa shape index (κ1) is 15.5. The van der Waals surface area contributed by atoms with Crippen LogP contribution in [0.2, 0.25) is 0 Å². The standard InChI is InChI=1S/C16H26OS2/c1-15(2,3)12-7-10(9-18-12)11-8-13(17)19-14(11)16(4,5)6/h7,11-12,14H,8-9H2,1-6H3/t11-,12-,14-/m0/s1. The predicted molar refractivity (Wildman–Crippen MR) is 87.7 cm³/mol. The molecule has 0 aromatic rings. The maximum Gasteiger partial charge on any atom is 0.189 e. The molecule has 1 fully saturated rings. The topological polar surface area (TPSA) is 17.1 Å². The van der Waals surface area contributed by atoms with Crippen molar-refractivity contribution in [3.8, 4) is 0 Å². The van der Waals surface area contributed by atoms with Gasteiger partial charge in [0.05, 0.1) is 0 Å². The van der Waals surface area contributed by atoms with Gasteiger partial charge in [0.2, 0.25) is 0 Å². The summed E-state index contributed by atoms with van der Waals surface area (Å²) in [6, 6.07) is 0. The summed E-state index contributed by atoms with van der Waals surface area (Å²) in [6.07, 6.45) is 3.21. The SMILES string of the molecule is CC(C)(C)[C@@H]1C=C([C@@H]2CC(=O)S[C@@H]2C(C)(C)C)CS1. The second-order valence-electron chi connectivity index (χ2n) is 7.93. The van der Waals surface area contributed by atoms with E-state index in [0.717, 1.165) is 12.2 Å². The van der Waals surface area contributed by atoms with E-state index >= 15 is 0 Å². The summed E-state index contributed by atoms with van der Waals surface area (Å²) in [5.41, 5.74) is 2.05. The molecule has 3 heteroatoms. The van der Waals surface area contributed by atoms with Crippen LogP contribution in [-0.4, -0.2) is 21.4 Å². The van der Waals surface area contributed by atoms with Gasteiger partial charge >= 0.3 is 0 Å². The molecule has 1 saturated heterocycles. The first-order chi connectivity index (χ1) is 8.59. The van der Waals surface area contributed by atoms with Crippen molar-refractivity contribution < 1.29 is 4.79 Å². The smallest absolute Gasteiger partial charge is 0.189 e. The number of carbonyl (C=O) groups excluding carboxylic acids is 1. The van der Waals surface area contributed by atoms with E-state index in [-0.39, 0.29) is 5.41 Å². The molecule has 2 aliphatic heterocycles. The Kier molecular flexibility index (Phi) is 4.19. The molecule has 2 rings (SSSR count). The molecule has 19 heavy (non-hydrogen) atoms. The van der Waals surface area contributed by atoms with Crippen LogP contribution in [0.3, 0.4) is 0 Å². The van der Waals surface area contributed by atoms with Gasteiger partial charge in [-0.1, -0.05) is 65.0 Å². The number of hydrogen-bond donors (Lipinski definition) is 0. The van der Waals surface area contributed by atoms with Crippen LogP contribution in [0.15, 0.2) is 11.6 Å². The molecule has 0 aromatic heterocycles. The molecule has 0 radical (unpaired) electrons. The third-order valence-electron chi connectivity index (χ3n) is 3.99. The van der Waals surface area contributed by atoms with Crippen molar-refractivity contribution in [2.45, 2.75) is 58.5 Å². The van der Waals surface area contributed by atoms with Gasteiger partial charge < -0.3 is 0 Å². The van der Waals surface area contributed by atoms with Gasteiger partial charge in [0, 0.05) is 28.6 Å². The molecule has 0 aliphatic carbocycles. The Labute approximate surface area is 126 Å². The summed E-state index contributed by atoms with van der Waals surface area (Å²) in [4.78, 5) is 11.9. The second-order valence-corrected chi connectivity index (χ2v) is 10.3. The van der Waals surface area contributed by atoms with Gasteiger partial charge in [-0.2, -0.15) is 0 Å². The Morgan fingerprint density at radius 3 is 2.21 bits per heavy atom. The van der Waals surface area contributed by atoms with Gasteiger partial charge in [0.25, 0.3) is 0 Å². The van der Waals surface area contributed by atoms with Gasteiger partial charge in [-0.15, -0.1) is 11.8 Å². The molecule has 3 atom stereocenters. The minimum Gasteiger partial charge on any atom is -0.287 e. The molecule has 0 N–H and O–H groups in total. The summed E-state index contributed by atoms with van der Waals surface area (Å²) in [5, 5.41) is 1.43. The van der Waals surface area contributed by atoms with Crippen molar-refractivity contribution in [3.05, 3.63) is 11.6 Å². The maximum absolute atomic E-state index is 11.9. The Morgan fingerprint density at radius 2 is 1.74 bits per heavy atom. The minimum atomic E-state index is 0.201. The van der Waals surface area contributed by atoms with Crippen molar-refractivity contribution in [1.82, 2.24) is 0 Å². The lowest BCUT2D eigenvalue weighted by atomic mass is 9.79. The lowest BCUT2D eigenvalue weighted by Crippen LogP contribution is -2.29. The van der Waals surface area contributed by atoms with Crippen molar-refractivity contribution in [1.29, 1.82) is 0 Å². The molecule has 2 heterocycles. The quantitative estimate of drug-likeness (QED) is 0.649. The van der Waals surface area contributed by atoms with Crippen LogP contribution in [0.5, 0.6) is 0 Å². The van der Waals surface area contributed by atoms with Crippen LogP contribution in [-0.2, 0) is 4.79 Å². The van der Waals surface area contributed by atoms with Crippen molar-refractivity contribution >= 4 is 28.6 Å². The normalized spacial score (nSPS) is 32.8. The molecule has 0 unspecified atom stereocenters. The molecule has 0 bridgehead atoms. The summed E-state index contributed by atoms with van der Waals surface area (Å²) < 4.78 is 0. The largest absolute Gasteiger partial charge is 0.287 e. The number of hydrogen-bond acceptors (Lipinski definition) is 3. The summed E-state index contributed by atoms with van der Waals surface area (Å²) in [5.74, 6) is 1.59. The zero-order valence-corrected chi connectivity index (χ0v) is 14.6. The molecular formula is C16H26OS2. The lowest BCUT2D eigenvalue weighted by Gasteiger charge is -2.31. The van der Waals surface area contributed by atoms with Crippen molar-refractivity contribution in [3.63, 3.8) is 0 Å². The molecule has 0 aromatic carbocycles. The predicted octanol–water partition coefficient (Wildman–Crippen LogP) is 4.77. The zero-order chi connectivity index (χ0) is 14.4. The molecule has 1 nitrogen and oxygen atoms in total. The number of carbonyl (C=O) groups is 1. The molecule has 0 saturated carbocycles. The third-order valence-corrected chi connectivity index (χ3v) is 7.41. The Morgan fingerprint density at radius 1 is 1.11 bits per heavy atom. The average Bonchev–Trinajstić information content (AvgIpc) is 2.79. The van der Waals surface area contributed by atoms with Crippen LogP contribution in [0, 0.1) is 16.7 Å². The van der Waals surface area contributed by atoms with Gasteiger partial charge in [-0.05, 0) is 10.8 Å². The fourth-order valence-electron chi connectivity index (χ4n) is 2.87. The van der Waals surface area contributed by atoms with E-state index in [4.69, 9.17) is 0 Å². The van der Waals surface area contributed by atoms with E-state index in [0.29, 0.717) is 26.9 Å². The first-order valence-electron chi connectivity index (χ1n) is 7.11. The van der Waals surface area contributed by atoms with Gasteiger partial charge in [0.1, 0.15) is 0 Å². The average molecular weight is 299 g/mol. The zero-order valence-electron chi connectivity index (χ0n) is 12.9. The van der Waals surface area contributed by atoms with E-state index in [1.165, 1.54) is 5.57 Å². The molecule has 0 amide bonds. The number of thioether (sulfide) groups is 2. The highest BCUT2D eigenvalue weighted by molar-refractivity contribution is 8.14. The monoisotopic (exact) mass is 298 g/mol. The summed E-state index contributed by atoms with van der Waals surface area (Å²) >= 11 is 3.63. The Bertz CT molecular complexity index is 398. The fraction of sp³-hybridized carbons (Fsp3) is 0.812. The Balaban J connectivity index is 2.20. The van der Waals surface area contributed by atoms with E-state index in [1.807, 2.05) is 11.8 Å². The van der Waals surface area contributed by atoms with Gasteiger partial charge in [-0.25, -0.2) is 0 Å².